The number of benzene rings is 2. The van der Waals surface area contributed by atoms with Crippen LogP contribution in [0.15, 0.2) is 53.6 Å². The molecule has 2 aromatic carbocycles. The predicted octanol–water partition coefficient (Wildman–Crippen LogP) is 4.52. The molecule has 0 saturated carbocycles. The van der Waals surface area contributed by atoms with Crippen LogP contribution in [-0.2, 0) is 4.79 Å². The normalized spacial score (nSPS) is 14.8. The van der Waals surface area contributed by atoms with Crippen LogP contribution in [0.25, 0.3) is 10.2 Å². The highest BCUT2D eigenvalue weighted by molar-refractivity contribution is 7.22. The monoisotopic (exact) mass is 408 g/mol. The third kappa shape index (κ3) is 4.92. The van der Waals surface area contributed by atoms with E-state index in [9.17, 15) is 4.79 Å². The number of hydrogen-bond donors (Lipinski definition) is 1. The van der Waals surface area contributed by atoms with Crippen LogP contribution in [0, 0.1) is 0 Å². The standard InChI is InChI=1S/C22H24N4O2S/c1-16(24-25-22-23-19-7-3-4-8-20(19)29-22)17-9-11-18(12-10-17)28-15-21(27)26-13-5-2-6-14-26/h3-4,7-12H,2,5-6,13-15H2,1H3,(H,23,25)/b24-16-. The van der Waals surface area contributed by atoms with E-state index < -0.39 is 0 Å². The zero-order chi connectivity index (χ0) is 20.1. The average molecular weight is 409 g/mol. The molecule has 1 amide bonds. The smallest absolute Gasteiger partial charge is 0.260 e. The Bertz CT molecular complexity index is 974. The van der Waals surface area contributed by atoms with Gasteiger partial charge in [-0.25, -0.2) is 4.98 Å². The van der Waals surface area contributed by atoms with Crippen molar-refractivity contribution in [2.24, 2.45) is 5.10 Å². The van der Waals surface area contributed by atoms with Crippen molar-refractivity contribution in [1.29, 1.82) is 0 Å². The number of hydrogen-bond acceptors (Lipinski definition) is 6. The van der Waals surface area contributed by atoms with Crippen molar-refractivity contribution in [1.82, 2.24) is 9.88 Å². The highest BCUT2D eigenvalue weighted by Gasteiger charge is 2.16. The topological polar surface area (TPSA) is 66.8 Å². The van der Waals surface area contributed by atoms with E-state index in [2.05, 4.69) is 15.5 Å². The van der Waals surface area contributed by atoms with E-state index in [0.717, 1.165) is 52.6 Å². The summed E-state index contributed by atoms with van der Waals surface area (Å²) in [4.78, 5) is 18.6. The molecule has 0 atom stereocenters. The molecule has 4 rings (SSSR count). The molecule has 150 valence electrons. The fourth-order valence-electron chi connectivity index (χ4n) is 3.29. The molecule has 1 aliphatic heterocycles. The van der Waals surface area contributed by atoms with Crippen LogP contribution in [0.4, 0.5) is 5.13 Å². The quantitative estimate of drug-likeness (QED) is 0.481. The molecule has 1 saturated heterocycles. The Morgan fingerprint density at radius 1 is 1.14 bits per heavy atom. The Labute approximate surface area is 174 Å². The highest BCUT2D eigenvalue weighted by Crippen LogP contribution is 2.25. The van der Waals surface area contributed by atoms with Crippen LogP contribution in [0.5, 0.6) is 5.75 Å². The number of amides is 1. The number of rotatable bonds is 6. The van der Waals surface area contributed by atoms with Crippen LogP contribution >= 0.6 is 11.3 Å². The third-order valence-electron chi connectivity index (χ3n) is 4.96. The maximum absolute atomic E-state index is 12.2. The van der Waals surface area contributed by atoms with E-state index >= 15 is 0 Å². The summed E-state index contributed by atoms with van der Waals surface area (Å²) in [6.07, 6.45) is 3.38. The van der Waals surface area contributed by atoms with Crippen molar-refractivity contribution >= 4 is 38.3 Å². The van der Waals surface area contributed by atoms with E-state index in [4.69, 9.17) is 4.74 Å². The number of carbonyl (C=O) groups is 1. The van der Waals surface area contributed by atoms with E-state index in [0.29, 0.717) is 5.75 Å². The van der Waals surface area contributed by atoms with Gasteiger partial charge in [0.15, 0.2) is 6.61 Å². The first-order valence-electron chi connectivity index (χ1n) is 9.86. The van der Waals surface area contributed by atoms with Crippen molar-refractivity contribution < 1.29 is 9.53 Å². The highest BCUT2D eigenvalue weighted by atomic mass is 32.1. The lowest BCUT2D eigenvalue weighted by atomic mass is 10.1. The number of aromatic nitrogens is 1. The Balaban J connectivity index is 1.32. The van der Waals surface area contributed by atoms with Crippen LogP contribution < -0.4 is 10.2 Å². The fourth-order valence-corrected chi connectivity index (χ4v) is 4.10. The van der Waals surface area contributed by atoms with Crippen LogP contribution in [0.3, 0.4) is 0 Å². The van der Waals surface area contributed by atoms with Crippen LogP contribution in [0.2, 0.25) is 0 Å². The van der Waals surface area contributed by atoms with Crippen molar-refractivity contribution in [3.8, 4) is 5.75 Å². The minimum atomic E-state index is 0.0616. The number of hydrazone groups is 1. The minimum Gasteiger partial charge on any atom is -0.484 e. The molecule has 1 aromatic heterocycles. The lowest BCUT2D eigenvalue weighted by Crippen LogP contribution is -2.38. The van der Waals surface area contributed by atoms with Crippen molar-refractivity contribution in [2.45, 2.75) is 26.2 Å². The number of likely N-dealkylation sites (tertiary alicyclic amines) is 1. The molecule has 6 nitrogen and oxygen atoms in total. The Hall–Kier alpha value is -2.93. The number of nitrogens with zero attached hydrogens (tertiary/aromatic N) is 3. The molecular formula is C22H24N4O2S. The van der Waals surface area contributed by atoms with Crippen molar-refractivity contribution in [2.75, 3.05) is 25.1 Å². The number of thiazole rings is 1. The second-order valence-electron chi connectivity index (χ2n) is 7.05. The predicted molar refractivity (Wildman–Crippen MR) is 118 cm³/mol. The van der Waals surface area contributed by atoms with Gasteiger partial charge in [0, 0.05) is 13.1 Å². The molecule has 0 aliphatic carbocycles. The van der Waals surface area contributed by atoms with Gasteiger partial charge in [0.2, 0.25) is 5.13 Å². The minimum absolute atomic E-state index is 0.0616. The van der Waals surface area contributed by atoms with Gasteiger partial charge in [0.25, 0.3) is 5.91 Å². The van der Waals surface area contributed by atoms with Crippen LogP contribution in [0.1, 0.15) is 31.7 Å². The third-order valence-corrected chi connectivity index (χ3v) is 5.90. The fraction of sp³-hybridized carbons (Fsp3) is 0.318. The molecule has 3 aromatic rings. The number of fused-ring (bicyclic) bond motifs is 1. The molecule has 0 unspecified atom stereocenters. The molecule has 29 heavy (non-hydrogen) atoms. The Kier molecular flexibility index (Phi) is 6.05. The Morgan fingerprint density at radius 2 is 1.90 bits per heavy atom. The SMILES string of the molecule is C/C(=N/Nc1nc2ccccc2s1)c1ccc(OCC(=O)N2CCCCC2)cc1. The molecule has 7 heteroatoms. The first kappa shape index (κ1) is 19.4. The lowest BCUT2D eigenvalue weighted by Gasteiger charge is -2.26. The molecule has 1 aliphatic rings. The summed E-state index contributed by atoms with van der Waals surface area (Å²) < 4.78 is 6.79. The number of nitrogens with one attached hydrogen (secondary N) is 1. The first-order valence-corrected chi connectivity index (χ1v) is 10.7. The molecule has 0 spiro atoms. The molecule has 1 fully saturated rings. The molecular weight excluding hydrogens is 384 g/mol. The second kappa shape index (κ2) is 9.05. The van der Waals surface area contributed by atoms with Gasteiger partial charge >= 0.3 is 0 Å². The average Bonchev–Trinajstić information content (AvgIpc) is 3.20. The lowest BCUT2D eigenvalue weighted by molar-refractivity contribution is -0.134. The molecule has 1 N–H and O–H groups in total. The van der Waals surface area contributed by atoms with E-state index in [1.807, 2.05) is 60.4 Å². The van der Waals surface area contributed by atoms with Gasteiger partial charge < -0.3 is 9.64 Å². The van der Waals surface area contributed by atoms with Gasteiger partial charge in [0.05, 0.1) is 15.9 Å². The zero-order valence-corrected chi connectivity index (χ0v) is 17.2. The van der Waals surface area contributed by atoms with Crippen molar-refractivity contribution in [3.63, 3.8) is 0 Å². The number of anilines is 1. The van der Waals surface area contributed by atoms with Gasteiger partial charge in [-0.2, -0.15) is 5.10 Å². The van der Waals surface area contributed by atoms with Crippen molar-refractivity contribution in [3.05, 3.63) is 54.1 Å². The Morgan fingerprint density at radius 3 is 2.66 bits per heavy atom. The maximum atomic E-state index is 12.2. The largest absolute Gasteiger partial charge is 0.484 e. The second-order valence-corrected chi connectivity index (χ2v) is 8.08. The van der Waals surface area contributed by atoms with E-state index in [1.54, 1.807) is 11.3 Å². The van der Waals surface area contributed by atoms with E-state index in [-0.39, 0.29) is 12.5 Å². The zero-order valence-electron chi connectivity index (χ0n) is 16.4. The van der Waals surface area contributed by atoms with Gasteiger partial charge in [-0.15, -0.1) is 0 Å². The van der Waals surface area contributed by atoms with E-state index in [1.165, 1.54) is 6.42 Å². The molecule has 0 bridgehead atoms. The number of para-hydroxylation sites is 1. The van der Waals surface area contributed by atoms with Gasteiger partial charge in [-0.3, -0.25) is 10.2 Å². The molecule has 0 radical (unpaired) electrons. The van der Waals surface area contributed by atoms with Gasteiger partial charge in [-0.1, -0.05) is 23.5 Å². The van der Waals surface area contributed by atoms with Gasteiger partial charge in [0.1, 0.15) is 5.75 Å². The summed E-state index contributed by atoms with van der Waals surface area (Å²) >= 11 is 1.57. The number of carbonyl (C=O) groups excluding carboxylic acids is 1. The number of ether oxygens (including phenoxy) is 1. The summed E-state index contributed by atoms with van der Waals surface area (Å²) in [6, 6.07) is 15.6. The summed E-state index contributed by atoms with van der Waals surface area (Å²) in [5.74, 6) is 0.748. The first-order chi connectivity index (χ1) is 14.2. The summed E-state index contributed by atoms with van der Waals surface area (Å²) in [5.41, 5.74) is 5.83. The maximum Gasteiger partial charge on any atom is 0.260 e. The molecule has 2 heterocycles. The van der Waals surface area contributed by atoms with Gasteiger partial charge in [-0.05, 0) is 68.1 Å². The number of piperidine rings is 1. The summed E-state index contributed by atoms with van der Waals surface area (Å²) in [5, 5.41) is 5.20. The summed E-state index contributed by atoms with van der Waals surface area (Å²) in [7, 11) is 0. The van der Waals surface area contributed by atoms with Crippen LogP contribution in [-0.4, -0.2) is 41.2 Å². The summed E-state index contributed by atoms with van der Waals surface area (Å²) in [6.45, 7) is 3.72.